The Labute approximate surface area is 181 Å². The highest BCUT2D eigenvalue weighted by molar-refractivity contribution is 7.99. The van der Waals surface area contributed by atoms with Crippen molar-refractivity contribution in [3.05, 3.63) is 58.3 Å². The first kappa shape index (κ1) is 22.2. The number of rotatable bonds is 9. The van der Waals surface area contributed by atoms with Crippen molar-refractivity contribution in [2.75, 3.05) is 18.1 Å². The summed E-state index contributed by atoms with van der Waals surface area (Å²) in [5.74, 6) is 2.18. The van der Waals surface area contributed by atoms with Crippen molar-refractivity contribution >= 4 is 28.4 Å². The van der Waals surface area contributed by atoms with Crippen molar-refractivity contribution in [1.29, 1.82) is 0 Å². The Hall–Kier alpha value is -2.54. The zero-order chi connectivity index (χ0) is 21.7. The lowest BCUT2D eigenvalue weighted by Gasteiger charge is -2.18. The number of thioether (sulfide) groups is 1. The maximum atomic E-state index is 13.2. The van der Waals surface area contributed by atoms with Crippen molar-refractivity contribution < 1.29 is 4.79 Å². The van der Waals surface area contributed by atoms with E-state index >= 15 is 0 Å². The van der Waals surface area contributed by atoms with E-state index in [2.05, 4.69) is 17.3 Å². The van der Waals surface area contributed by atoms with Crippen LogP contribution in [0.5, 0.6) is 0 Å². The lowest BCUT2D eigenvalue weighted by molar-refractivity contribution is -0.123. The zero-order valence-electron chi connectivity index (χ0n) is 18.1. The van der Waals surface area contributed by atoms with Crippen LogP contribution < -0.4 is 10.9 Å². The first-order valence-electron chi connectivity index (χ1n) is 10.5. The Kier molecular flexibility index (Phi) is 7.37. The van der Waals surface area contributed by atoms with Crippen LogP contribution >= 0.6 is 11.8 Å². The summed E-state index contributed by atoms with van der Waals surface area (Å²) in [6, 6.07) is 8.98. The summed E-state index contributed by atoms with van der Waals surface area (Å²) in [5.41, 5.74) is 2.23. The number of fused-ring (bicyclic) bond motifs is 1. The molecule has 2 heterocycles. The lowest BCUT2D eigenvalue weighted by atomic mass is 10.2. The van der Waals surface area contributed by atoms with Gasteiger partial charge in [0.25, 0.3) is 5.56 Å². The van der Waals surface area contributed by atoms with Crippen molar-refractivity contribution in [3.63, 3.8) is 0 Å². The predicted octanol–water partition coefficient (Wildman–Crippen LogP) is 4.01. The monoisotopic (exact) mass is 426 g/mol. The van der Waals surface area contributed by atoms with Gasteiger partial charge in [-0.2, -0.15) is 21.5 Å². The van der Waals surface area contributed by atoms with Gasteiger partial charge in [0.15, 0.2) is 0 Å². The first-order valence-corrected chi connectivity index (χ1v) is 11.6. The summed E-state index contributed by atoms with van der Waals surface area (Å²) >= 11 is 1.92. The normalized spacial score (nSPS) is 12.3. The van der Waals surface area contributed by atoms with Gasteiger partial charge in [-0.25, -0.2) is 0 Å². The Morgan fingerprint density at radius 1 is 1.17 bits per heavy atom. The van der Waals surface area contributed by atoms with Crippen molar-refractivity contribution in [2.24, 2.45) is 0 Å². The summed E-state index contributed by atoms with van der Waals surface area (Å²) in [6.07, 6.45) is 3.85. The molecule has 0 aliphatic rings. The molecule has 0 aliphatic carbocycles. The first-order chi connectivity index (χ1) is 14.5. The number of aryl methyl sites for hydroxylation is 2. The smallest absolute Gasteiger partial charge is 0.281 e. The van der Waals surface area contributed by atoms with Crippen LogP contribution in [0.25, 0.3) is 16.5 Å². The van der Waals surface area contributed by atoms with Crippen molar-refractivity contribution in [1.82, 2.24) is 19.7 Å². The van der Waals surface area contributed by atoms with Crippen LogP contribution in [0.3, 0.4) is 0 Å². The molecule has 2 aromatic heterocycles. The highest BCUT2D eigenvalue weighted by Crippen LogP contribution is 2.26. The van der Waals surface area contributed by atoms with E-state index in [1.807, 2.05) is 67.4 Å². The number of benzene rings is 1. The molecule has 1 atom stereocenters. The molecule has 160 valence electrons. The molecule has 0 fully saturated rings. The molecule has 3 rings (SSSR count). The molecule has 1 amide bonds. The van der Waals surface area contributed by atoms with Crippen LogP contribution in [-0.4, -0.2) is 38.3 Å². The summed E-state index contributed by atoms with van der Waals surface area (Å²) in [7, 11) is 0. The summed E-state index contributed by atoms with van der Waals surface area (Å²) in [5, 5.41) is 8.81. The third-order valence-corrected chi connectivity index (χ3v) is 6.61. The third kappa shape index (κ3) is 4.46. The molecule has 3 aromatic rings. The molecule has 0 aliphatic heterocycles. The van der Waals surface area contributed by atoms with Gasteiger partial charge >= 0.3 is 0 Å². The Morgan fingerprint density at radius 3 is 2.60 bits per heavy atom. The summed E-state index contributed by atoms with van der Waals surface area (Å²) in [6.45, 7) is 8.56. The second-order valence-electron chi connectivity index (χ2n) is 7.46. The number of carbonyl (C=O) groups excluding carboxylic acids is 1. The standard InChI is InChI=1S/C23H30N4O2S/c1-5-13-30-14-9-12-24-22(28)18(4)26-16(2)20-15-25-27(19-10-7-6-8-11-19)23(29)21(20)17(26)3/h6-8,10-11,15,18H,5,9,12-14H2,1-4H3,(H,24,28)/t18-/m1/s1. The quantitative estimate of drug-likeness (QED) is 0.525. The van der Waals surface area contributed by atoms with E-state index in [0.29, 0.717) is 11.9 Å². The topological polar surface area (TPSA) is 68.9 Å². The van der Waals surface area contributed by atoms with Gasteiger partial charge in [-0.3, -0.25) is 9.59 Å². The highest BCUT2D eigenvalue weighted by Gasteiger charge is 2.23. The van der Waals surface area contributed by atoms with E-state index in [1.54, 1.807) is 6.20 Å². The third-order valence-electron chi connectivity index (χ3n) is 5.33. The van der Waals surface area contributed by atoms with Crippen LogP contribution in [0.1, 0.15) is 44.1 Å². The van der Waals surface area contributed by atoms with Gasteiger partial charge in [0.1, 0.15) is 6.04 Å². The number of para-hydroxylation sites is 1. The molecule has 0 radical (unpaired) electrons. The molecule has 0 bridgehead atoms. The number of hydrogen-bond acceptors (Lipinski definition) is 4. The fourth-order valence-corrected chi connectivity index (χ4v) is 4.65. The molecule has 1 N–H and O–H groups in total. The zero-order valence-corrected chi connectivity index (χ0v) is 19.0. The van der Waals surface area contributed by atoms with Gasteiger partial charge in [0, 0.05) is 23.3 Å². The number of hydrogen-bond donors (Lipinski definition) is 1. The van der Waals surface area contributed by atoms with Gasteiger partial charge in [-0.15, -0.1) is 0 Å². The number of nitrogens with one attached hydrogen (secondary N) is 1. The molecule has 30 heavy (non-hydrogen) atoms. The maximum Gasteiger partial charge on any atom is 0.281 e. The van der Waals surface area contributed by atoms with Gasteiger partial charge in [-0.05, 0) is 57.3 Å². The molecule has 7 heteroatoms. The van der Waals surface area contributed by atoms with Crippen LogP contribution in [0.4, 0.5) is 0 Å². The summed E-state index contributed by atoms with van der Waals surface area (Å²) in [4.78, 5) is 25.9. The van der Waals surface area contributed by atoms with E-state index in [-0.39, 0.29) is 11.5 Å². The number of carbonyl (C=O) groups is 1. The molecule has 0 saturated heterocycles. The number of amides is 1. The van der Waals surface area contributed by atoms with Crippen LogP contribution in [0.15, 0.2) is 41.3 Å². The minimum atomic E-state index is -0.398. The average Bonchev–Trinajstić information content (AvgIpc) is 3.01. The van der Waals surface area contributed by atoms with Gasteiger partial charge in [0.05, 0.1) is 17.3 Å². The SMILES string of the molecule is CCCSCCCNC(=O)[C@@H](C)n1c(C)c2cnn(-c3ccccc3)c(=O)c2c1C. The summed E-state index contributed by atoms with van der Waals surface area (Å²) < 4.78 is 3.36. The predicted molar refractivity (Wildman–Crippen MR) is 125 cm³/mol. The van der Waals surface area contributed by atoms with E-state index in [9.17, 15) is 9.59 Å². The van der Waals surface area contributed by atoms with Crippen molar-refractivity contribution in [3.8, 4) is 5.69 Å². The lowest BCUT2D eigenvalue weighted by Crippen LogP contribution is -2.32. The molecular formula is C23H30N4O2S. The van der Waals surface area contributed by atoms with Crippen LogP contribution in [0.2, 0.25) is 0 Å². The largest absolute Gasteiger partial charge is 0.354 e. The minimum Gasteiger partial charge on any atom is -0.354 e. The van der Waals surface area contributed by atoms with E-state index in [4.69, 9.17) is 0 Å². The molecular weight excluding hydrogens is 396 g/mol. The Balaban J connectivity index is 1.85. The highest BCUT2D eigenvalue weighted by atomic mass is 32.2. The molecule has 1 aromatic carbocycles. The van der Waals surface area contributed by atoms with Gasteiger partial charge in [0.2, 0.25) is 5.91 Å². The van der Waals surface area contributed by atoms with Crippen LogP contribution in [0, 0.1) is 13.8 Å². The van der Waals surface area contributed by atoms with E-state index in [1.165, 1.54) is 11.1 Å². The Bertz CT molecular complexity index is 1070. The number of nitrogens with zero attached hydrogens (tertiary/aromatic N) is 3. The molecule has 0 saturated carbocycles. The minimum absolute atomic E-state index is 0.0293. The van der Waals surface area contributed by atoms with E-state index in [0.717, 1.165) is 40.4 Å². The second-order valence-corrected chi connectivity index (χ2v) is 8.68. The second kappa shape index (κ2) is 9.98. The van der Waals surface area contributed by atoms with Gasteiger partial charge < -0.3 is 9.88 Å². The molecule has 0 spiro atoms. The average molecular weight is 427 g/mol. The van der Waals surface area contributed by atoms with E-state index < -0.39 is 6.04 Å². The fourth-order valence-electron chi connectivity index (χ4n) is 3.81. The van der Waals surface area contributed by atoms with Gasteiger partial charge in [-0.1, -0.05) is 25.1 Å². The molecule has 0 unspecified atom stereocenters. The fraction of sp³-hybridized carbons (Fsp3) is 0.435. The van der Waals surface area contributed by atoms with Crippen LogP contribution in [-0.2, 0) is 4.79 Å². The van der Waals surface area contributed by atoms with Crippen molar-refractivity contribution in [2.45, 2.75) is 46.6 Å². The maximum absolute atomic E-state index is 13.2. The number of aromatic nitrogens is 3. The Morgan fingerprint density at radius 2 is 1.90 bits per heavy atom. The molecule has 6 nitrogen and oxygen atoms in total.